The van der Waals surface area contributed by atoms with Crippen LogP contribution in [0.3, 0.4) is 0 Å². The summed E-state index contributed by atoms with van der Waals surface area (Å²) in [5, 5.41) is 2.87. The van der Waals surface area contributed by atoms with Gasteiger partial charge in [-0.25, -0.2) is 0 Å². The zero-order valence-corrected chi connectivity index (χ0v) is 14.8. The summed E-state index contributed by atoms with van der Waals surface area (Å²) in [6, 6.07) is 24.4. The van der Waals surface area contributed by atoms with Gasteiger partial charge in [-0.05, 0) is 50.2 Å². The van der Waals surface area contributed by atoms with E-state index in [1.807, 2.05) is 79.7 Å². The zero-order chi connectivity index (χ0) is 18.4. The lowest BCUT2D eigenvalue weighted by Crippen LogP contribution is -2.30. The number of benzene rings is 3. The third kappa shape index (κ3) is 4.63. The van der Waals surface area contributed by atoms with Gasteiger partial charge in [0.05, 0.1) is 5.69 Å². The molecule has 0 fully saturated rings. The van der Waals surface area contributed by atoms with E-state index >= 15 is 0 Å². The van der Waals surface area contributed by atoms with Crippen molar-refractivity contribution in [2.45, 2.75) is 20.0 Å². The monoisotopic (exact) mass is 347 g/mol. The van der Waals surface area contributed by atoms with Crippen molar-refractivity contribution in [3.05, 3.63) is 84.4 Å². The molecule has 0 aliphatic rings. The van der Waals surface area contributed by atoms with E-state index in [0.717, 1.165) is 5.56 Å². The van der Waals surface area contributed by atoms with Gasteiger partial charge >= 0.3 is 0 Å². The first-order chi connectivity index (χ1) is 12.6. The van der Waals surface area contributed by atoms with Crippen molar-refractivity contribution in [3.8, 4) is 17.2 Å². The molecule has 0 heterocycles. The van der Waals surface area contributed by atoms with Gasteiger partial charge in [0, 0.05) is 0 Å². The molecule has 0 aliphatic carbocycles. The van der Waals surface area contributed by atoms with Gasteiger partial charge in [0.25, 0.3) is 5.91 Å². The number of ether oxygens (including phenoxy) is 2. The fourth-order valence-corrected chi connectivity index (χ4v) is 2.38. The molecule has 132 valence electrons. The molecule has 3 aromatic carbocycles. The fourth-order valence-electron chi connectivity index (χ4n) is 2.38. The molecule has 3 aromatic rings. The van der Waals surface area contributed by atoms with Crippen LogP contribution in [0.5, 0.6) is 17.2 Å². The van der Waals surface area contributed by atoms with Crippen molar-refractivity contribution in [1.82, 2.24) is 0 Å². The van der Waals surface area contributed by atoms with E-state index in [1.54, 1.807) is 13.0 Å². The van der Waals surface area contributed by atoms with Gasteiger partial charge in [-0.1, -0.05) is 48.0 Å². The number of amides is 1. The van der Waals surface area contributed by atoms with Crippen LogP contribution in [0.15, 0.2) is 78.9 Å². The number of carbonyl (C=O) groups excluding carboxylic acids is 1. The Morgan fingerprint density at radius 3 is 2.23 bits per heavy atom. The first kappa shape index (κ1) is 17.5. The van der Waals surface area contributed by atoms with Crippen molar-refractivity contribution in [1.29, 1.82) is 0 Å². The second kappa shape index (κ2) is 8.21. The number of aryl methyl sites for hydroxylation is 1. The van der Waals surface area contributed by atoms with Gasteiger partial charge in [0.2, 0.25) is 0 Å². The first-order valence-corrected chi connectivity index (χ1v) is 8.48. The van der Waals surface area contributed by atoms with E-state index in [4.69, 9.17) is 9.47 Å². The summed E-state index contributed by atoms with van der Waals surface area (Å²) in [6.07, 6.45) is -0.634. The maximum Gasteiger partial charge on any atom is 0.265 e. The minimum absolute atomic E-state index is 0.242. The minimum atomic E-state index is -0.634. The molecule has 0 bridgehead atoms. The molecular weight excluding hydrogens is 326 g/mol. The number of anilines is 1. The predicted molar refractivity (Wildman–Crippen MR) is 103 cm³/mol. The summed E-state index contributed by atoms with van der Waals surface area (Å²) in [5.74, 6) is 1.70. The van der Waals surface area contributed by atoms with Crippen LogP contribution in [-0.4, -0.2) is 12.0 Å². The lowest BCUT2D eigenvalue weighted by molar-refractivity contribution is -0.122. The molecule has 0 aliphatic heterocycles. The largest absolute Gasteiger partial charge is 0.481 e. The second-order valence-electron chi connectivity index (χ2n) is 5.97. The van der Waals surface area contributed by atoms with E-state index in [1.165, 1.54) is 0 Å². The van der Waals surface area contributed by atoms with Gasteiger partial charge < -0.3 is 14.8 Å². The summed E-state index contributed by atoms with van der Waals surface area (Å²) in [4.78, 5) is 12.5. The van der Waals surface area contributed by atoms with Crippen LogP contribution in [0.2, 0.25) is 0 Å². The zero-order valence-electron chi connectivity index (χ0n) is 14.8. The van der Waals surface area contributed by atoms with Crippen molar-refractivity contribution in [2.75, 3.05) is 5.32 Å². The van der Waals surface area contributed by atoms with Gasteiger partial charge in [-0.15, -0.1) is 0 Å². The highest BCUT2D eigenvalue weighted by Gasteiger charge is 2.16. The van der Waals surface area contributed by atoms with Crippen molar-refractivity contribution in [2.24, 2.45) is 0 Å². The highest BCUT2D eigenvalue weighted by Crippen LogP contribution is 2.29. The molecule has 1 unspecified atom stereocenters. The van der Waals surface area contributed by atoms with Gasteiger partial charge in [0.1, 0.15) is 11.5 Å². The van der Waals surface area contributed by atoms with Crippen LogP contribution in [0.25, 0.3) is 0 Å². The number of rotatable bonds is 6. The highest BCUT2D eigenvalue weighted by atomic mass is 16.5. The summed E-state index contributed by atoms with van der Waals surface area (Å²) in [5.41, 5.74) is 1.76. The van der Waals surface area contributed by atoms with E-state index in [-0.39, 0.29) is 5.91 Å². The molecule has 26 heavy (non-hydrogen) atoms. The average Bonchev–Trinajstić information content (AvgIpc) is 2.66. The topological polar surface area (TPSA) is 47.6 Å². The van der Waals surface area contributed by atoms with Gasteiger partial charge in [0.15, 0.2) is 11.9 Å². The SMILES string of the molecule is Cc1ccc(Oc2ccccc2NC(=O)C(C)Oc2ccccc2)cc1. The number of hydrogen-bond donors (Lipinski definition) is 1. The maximum atomic E-state index is 12.5. The van der Waals surface area contributed by atoms with E-state index in [0.29, 0.717) is 22.9 Å². The van der Waals surface area contributed by atoms with E-state index in [9.17, 15) is 4.79 Å². The van der Waals surface area contributed by atoms with Crippen molar-refractivity contribution >= 4 is 11.6 Å². The van der Waals surface area contributed by atoms with Gasteiger partial charge in [-0.2, -0.15) is 0 Å². The minimum Gasteiger partial charge on any atom is -0.481 e. The van der Waals surface area contributed by atoms with Crippen molar-refractivity contribution < 1.29 is 14.3 Å². The summed E-state index contributed by atoms with van der Waals surface area (Å²) >= 11 is 0. The second-order valence-corrected chi connectivity index (χ2v) is 5.97. The molecule has 1 N–H and O–H groups in total. The Morgan fingerprint density at radius 2 is 1.50 bits per heavy atom. The Hall–Kier alpha value is -3.27. The first-order valence-electron chi connectivity index (χ1n) is 8.48. The third-order valence-electron chi connectivity index (χ3n) is 3.82. The molecule has 4 heteroatoms. The summed E-state index contributed by atoms with van der Waals surface area (Å²) in [7, 11) is 0. The van der Waals surface area contributed by atoms with Crippen LogP contribution in [-0.2, 0) is 4.79 Å². The number of carbonyl (C=O) groups is 1. The smallest absolute Gasteiger partial charge is 0.265 e. The third-order valence-corrected chi connectivity index (χ3v) is 3.82. The molecule has 1 amide bonds. The summed E-state index contributed by atoms with van der Waals surface area (Å²) in [6.45, 7) is 3.73. The Labute approximate surface area is 153 Å². The molecule has 1 atom stereocenters. The summed E-state index contributed by atoms with van der Waals surface area (Å²) < 4.78 is 11.6. The molecule has 0 saturated carbocycles. The van der Waals surface area contributed by atoms with Crippen LogP contribution >= 0.6 is 0 Å². The lowest BCUT2D eigenvalue weighted by Gasteiger charge is -2.16. The van der Waals surface area contributed by atoms with Crippen LogP contribution in [0.1, 0.15) is 12.5 Å². The Bertz CT molecular complexity index is 860. The maximum absolute atomic E-state index is 12.5. The average molecular weight is 347 g/mol. The molecular formula is C22H21NO3. The number of nitrogens with one attached hydrogen (secondary N) is 1. The van der Waals surface area contributed by atoms with Crippen molar-refractivity contribution in [3.63, 3.8) is 0 Å². The highest BCUT2D eigenvalue weighted by molar-refractivity contribution is 5.95. The van der Waals surface area contributed by atoms with Crippen LogP contribution < -0.4 is 14.8 Å². The molecule has 4 nitrogen and oxygen atoms in total. The predicted octanol–water partition coefficient (Wildman–Crippen LogP) is 5.19. The normalized spacial score (nSPS) is 11.5. The van der Waals surface area contributed by atoms with E-state index < -0.39 is 6.10 Å². The molecule has 0 saturated heterocycles. The number of para-hydroxylation sites is 3. The standard InChI is InChI=1S/C22H21NO3/c1-16-12-14-19(15-13-16)26-21-11-7-6-10-20(21)23-22(24)17(2)25-18-8-4-3-5-9-18/h3-15,17H,1-2H3,(H,23,24). The van der Waals surface area contributed by atoms with E-state index in [2.05, 4.69) is 5.32 Å². The molecule has 0 aromatic heterocycles. The van der Waals surface area contributed by atoms with Crippen LogP contribution in [0, 0.1) is 6.92 Å². The quantitative estimate of drug-likeness (QED) is 0.667. The number of hydrogen-bond acceptors (Lipinski definition) is 3. The Kier molecular flexibility index (Phi) is 5.54. The van der Waals surface area contributed by atoms with Crippen LogP contribution in [0.4, 0.5) is 5.69 Å². The molecule has 0 radical (unpaired) electrons. The Morgan fingerprint density at radius 1 is 0.846 bits per heavy atom. The fraction of sp³-hybridized carbons (Fsp3) is 0.136. The van der Waals surface area contributed by atoms with Gasteiger partial charge in [-0.3, -0.25) is 4.79 Å². The lowest BCUT2D eigenvalue weighted by atomic mass is 10.2. The molecule has 3 rings (SSSR count). The molecule has 0 spiro atoms. The Balaban J connectivity index is 1.69.